The molecule has 3 aromatic rings. The number of fused-ring (bicyclic) bond motifs is 1. The second kappa shape index (κ2) is 9.82. The van der Waals surface area contributed by atoms with Crippen LogP contribution in [0.1, 0.15) is 18.4 Å². The van der Waals surface area contributed by atoms with Gasteiger partial charge in [0.1, 0.15) is 17.5 Å². The number of imidazole rings is 1. The van der Waals surface area contributed by atoms with Crippen molar-refractivity contribution in [3.8, 4) is 11.3 Å². The zero-order valence-corrected chi connectivity index (χ0v) is 21.0. The molecule has 0 radical (unpaired) electrons. The number of nitrogens with two attached hydrogens (primary N) is 1. The van der Waals surface area contributed by atoms with Crippen LogP contribution in [0.25, 0.3) is 17.3 Å². The van der Waals surface area contributed by atoms with E-state index >= 15 is 0 Å². The number of halogens is 1. The van der Waals surface area contributed by atoms with Gasteiger partial charge in [-0.25, -0.2) is 14.4 Å². The van der Waals surface area contributed by atoms with Gasteiger partial charge in [-0.15, -0.1) is 11.3 Å². The van der Waals surface area contributed by atoms with Gasteiger partial charge in [0.25, 0.3) is 0 Å². The number of anilines is 2. The molecule has 2 amide bonds. The molecule has 36 heavy (non-hydrogen) atoms. The first-order valence-corrected chi connectivity index (χ1v) is 12.8. The van der Waals surface area contributed by atoms with Gasteiger partial charge in [-0.1, -0.05) is 13.0 Å². The molecular formula is C25H28FN7O2S. The second-order valence-corrected chi connectivity index (χ2v) is 9.74. The average molecular weight is 510 g/mol. The molecule has 2 aromatic heterocycles. The Balaban J connectivity index is 1.36. The molecule has 0 saturated carbocycles. The van der Waals surface area contributed by atoms with Crippen LogP contribution in [0.3, 0.4) is 0 Å². The number of rotatable bonds is 5. The number of nitrogens with zero attached hydrogens (tertiary/aromatic N) is 6. The first-order valence-electron chi connectivity index (χ1n) is 11.9. The van der Waals surface area contributed by atoms with Gasteiger partial charge in [0.2, 0.25) is 0 Å². The van der Waals surface area contributed by atoms with Gasteiger partial charge < -0.3 is 20.1 Å². The summed E-state index contributed by atoms with van der Waals surface area (Å²) in [7, 11) is 2.00. The van der Waals surface area contributed by atoms with Crippen molar-refractivity contribution in [2.24, 2.45) is 5.73 Å². The Labute approximate surface area is 212 Å². The van der Waals surface area contributed by atoms with E-state index in [2.05, 4.69) is 33.4 Å². The summed E-state index contributed by atoms with van der Waals surface area (Å²) >= 11 is 1.54. The number of carbonyl (C=O) groups excluding carboxylic acids is 2. The molecule has 0 spiro atoms. The highest BCUT2D eigenvalue weighted by Gasteiger charge is 2.31. The average Bonchev–Trinajstić information content (AvgIpc) is 3.53. The summed E-state index contributed by atoms with van der Waals surface area (Å²) in [6.45, 7) is 5.09. The maximum Gasteiger partial charge on any atom is 0.311 e. The first-order chi connectivity index (χ1) is 17.4. The minimum atomic E-state index is -0.909. The number of aryl methyl sites for hydroxylation is 1. The zero-order chi connectivity index (χ0) is 25.4. The first kappa shape index (κ1) is 24.1. The lowest BCUT2D eigenvalue weighted by molar-refractivity contribution is -0.145. The largest absolute Gasteiger partial charge is 0.361 e. The van der Waals surface area contributed by atoms with E-state index in [-0.39, 0.29) is 11.9 Å². The van der Waals surface area contributed by atoms with E-state index in [1.54, 1.807) is 12.1 Å². The fourth-order valence-electron chi connectivity index (χ4n) is 4.79. The zero-order valence-electron chi connectivity index (χ0n) is 20.2. The van der Waals surface area contributed by atoms with E-state index in [1.807, 2.05) is 12.4 Å². The van der Waals surface area contributed by atoms with E-state index < -0.39 is 11.8 Å². The van der Waals surface area contributed by atoms with Crippen LogP contribution in [-0.4, -0.2) is 75.4 Å². The molecule has 2 N–H and O–H groups in total. The lowest BCUT2D eigenvalue weighted by atomic mass is 10.1. The summed E-state index contributed by atoms with van der Waals surface area (Å²) in [6.07, 6.45) is 4.99. The van der Waals surface area contributed by atoms with Crippen LogP contribution in [0.5, 0.6) is 0 Å². The van der Waals surface area contributed by atoms with Crippen LogP contribution in [0.15, 0.2) is 35.7 Å². The van der Waals surface area contributed by atoms with Crippen molar-refractivity contribution >= 4 is 40.2 Å². The number of hydrogen-bond donors (Lipinski definition) is 1. The van der Waals surface area contributed by atoms with Crippen molar-refractivity contribution in [3.05, 3.63) is 53.1 Å². The highest BCUT2D eigenvalue weighted by atomic mass is 32.1. The van der Waals surface area contributed by atoms with Gasteiger partial charge in [-0.2, -0.15) is 0 Å². The maximum absolute atomic E-state index is 13.3. The number of amides is 2. The van der Waals surface area contributed by atoms with Gasteiger partial charge in [0.15, 0.2) is 5.13 Å². The number of thiazole rings is 1. The Morgan fingerprint density at radius 3 is 2.56 bits per heavy atom. The Kier molecular flexibility index (Phi) is 6.59. The molecule has 188 valence electrons. The standard InChI is InChI=1S/C25H28FN7O2S/c1-3-19-23(30(2)25-29-20(15-36-25)16-4-6-17(26)7-5-16)33-14-18(8-9-21(33)28-19)31-10-12-32(13-11-31)24(35)22(27)34/h4-9,15,18H,3,10-14H2,1-2H3,(H2,27,34). The summed E-state index contributed by atoms with van der Waals surface area (Å²) < 4.78 is 15.6. The Hall–Kier alpha value is -3.57. The maximum atomic E-state index is 13.3. The molecule has 4 heterocycles. The van der Waals surface area contributed by atoms with Crippen molar-refractivity contribution < 1.29 is 14.0 Å². The number of benzene rings is 1. The van der Waals surface area contributed by atoms with Crippen molar-refractivity contribution in [2.45, 2.75) is 25.9 Å². The molecule has 2 aliphatic heterocycles. The quantitative estimate of drug-likeness (QED) is 0.531. The molecule has 0 bridgehead atoms. The molecule has 5 rings (SSSR count). The molecule has 1 fully saturated rings. The molecule has 1 saturated heterocycles. The van der Waals surface area contributed by atoms with E-state index in [4.69, 9.17) is 15.7 Å². The Morgan fingerprint density at radius 2 is 1.89 bits per heavy atom. The summed E-state index contributed by atoms with van der Waals surface area (Å²) in [4.78, 5) is 38.8. The Bertz CT molecular complexity index is 1310. The number of aromatic nitrogens is 3. The van der Waals surface area contributed by atoms with E-state index in [1.165, 1.54) is 28.4 Å². The second-order valence-electron chi connectivity index (χ2n) is 8.90. The van der Waals surface area contributed by atoms with Crippen LogP contribution < -0.4 is 10.6 Å². The highest BCUT2D eigenvalue weighted by Crippen LogP contribution is 2.35. The molecule has 1 aromatic carbocycles. The number of carbonyl (C=O) groups is 2. The summed E-state index contributed by atoms with van der Waals surface area (Å²) in [5.41, 5.74) is 7.83. The van der Waals surface area contributed by atoms with Crippen LogP contribution in [0, 0.1) is 5.82 Å². The fourth-order valence-corrected chi connectivity index (χ4v) is 5.59. The molecule has 1 unspecified atom stereocenters. The molecule has 2 aliphatic rings. The summed E-state index contributed by atoms with van der Waals surface area (Å²) in [5.74, 6) is 0.111. The predicted molar refractivity (Wildman–Crippen MR) is 137 cm³/mol. The minimum Gasteiger partial charge on any atom is -0.361 e. The molecule has 0 aliphatic carbocycles. The van der Waals surface area contributed by atoms with Crippen LogP contribution >= 0.6 is 11.3 Å². The fraction of sp³-hybridized carbons (Fsp3) is 0.360. The van der Waals surface area contributed by atoms with Crippen molar-refractivity contribution in [1.29, 1.82) is 0 Å². The van der Waals surface area contributed by atoms with E-state index in [0.717, 1.165) is 46.7 Å². The third kappa shape index (κ3) is 4.51. The van der Waals surface area contributed by atoms with Crippen molar-refractivity contribution in [1.82, 2.24) is 24.3 Å². The SMILES string of the molecule is CCc1nc2n(c1N(C)c1nc(-c3ccc(F)cc3)cs1)CC(N1CCN(C(=O)C(N)=O)CC1)C=C2. The minimum absolute atomic E-state index is 0.139. The third-order valence-corrected chi connectivity index (χ3v) is 7.65. The third-order valence-electron chi connectivity index (χ3n) is 6.73. The highest BCUT2D eigenvalue weighted by molar-refractivity contribution is 7.14. The van der Waals surface area contributed by atoms with Gasteiger partial charge in [0, 0.05) is 56.8 Å². The normalized spacial score (nSPS) is 17.8. The summed E-state index contributed by atoms with van der Waals surface area (Å²) in [6, 6.07) is 6.49. The summed E-state index contributed by atoms with van der Waals surface area (Å²) in [5, 5.41) is 2.81. The smallest absolute Gasteiger partial charge is 0.311 e. The Morgan fingerprint density at radius 1 is 1.17 bits per heavy atom. The molecule has 11 heteroatoms. The van der Waals surface area contributed by atoms with E-state index in [9.17, 15) is 14.0 Å². The number of primary amides is 1. The van der Waals surface area contributed by atoms with Crippen molar-refractivity contribution in [3.63, 3.8) is 0 Å². The van der Waals surface area contributed by atoms with Crippen molar-refractivity contribution in [2.75, 3.05) is 38.1 Å². The molecule has 1 atom stereocenters. The molecule has 9 nitrogen and oxygen atoms in total. The monoisotopic (exact) mass is 509 g/mol. The van der Waals surface area contributed by atoms with Crippen LogP contribution in [-0.2, 0) is 22.6 Å². The topological polar surface area (TPSA) is 101 Å². The van der Waals surface area contributed by atoms with Crippen LogP contribution in [0.2, 0.25) is 0 Å². The van der Waals surface area contributed by atoms with E-state index in [0.29, 0.717) is 26.2 Å². The van der Waals surface area contributed by atoms with Crippen LogP contribution in [0.4, 0.5) is 15.3 Å². The van der Waals surface area contributed by atoms with Gasteiger partial charge in [-0.3, -0.25) is 14.5 Å². The van der Waals surface area contributed by atoms with Gasteiger partial charge in [0.05, 0.1) is 11.4 Å². The lowest BCUT2D eigenvalue weighted by Gasteiger charge is -2.39. The number of hydrogen-bond acceptors (Lipinski definition) is 7. The lowest BCUT2D eigenvalue weighted by Crippen LogP contribution is -2.54. The number of piperazine rings is 1. The van der Waals surface area contributed by atoms with Gasteiger partial charge >= 0.3 is 11.8 Å². The van der Waals surface area contributed by atoms with Gasteiger partial charge in [-0.05, 0) is 36.8 Å². The predicted octanol–water partition coefficient (Wildman–Crippen LogP) is 2.50. The molecular weight excluding hydrogens is 481 g/mol.